The molecule has 0 saturated carbocycles. The van der Waals surface area contributed by atoms with Gasteiger partial charge in [0.15, 0.2) is 5.82 Å². The molecular formula is C15H22N4O3. The fourth-order valence-corrected chi connectivity index (χ4v) is 2.72. The van der Waals surface area contributed by atoms with E-state index in [9.17, 15) is 4.79 Å². The first-order chi connectivity index (χ1) is 10.8. The molecule has 2 aliphatic heterocycles. The minimum absolute atomic E-state index is 0.0392. The number of amides is 1. The molecule has 3 heterocycles. The van der Waals surface area contributed by atoms with Crippen LogP contribution in [0.15, 0.2) is 11.8 Å². The summed E-state index contributed by atoms with van der Waals surface area (Å²) in [6, 6.07) is 0. The molecule has 3 rings (SSSR count). The van der Waals surface area contributed by atoms with Crippen LogP contribution in [0.4, 0.5) is 0 Å². The first-order valence-corrected chi connectivity index (χ1v) is 7.90. The van der Waals surface area contributed by atoms with Gasteiger partial charge in [0.1, 0.15) is 11.9 Å². The van der Waals surface area contributed by atoms with E-state index in [0.717, 1.165) is 37.1 Å². The first-order valence-electron chi connectivity index (χ1n) is 7.90. The van der Waals surface area contributed by atoms with Gasteiger partial charge < -0.3 is 14.4 Å². The van der Waals surface area contributed by atoms with E-state index in [2.05, 4.69) is 22.1 Å². The monoisotopic (exact) mass is 306 g/mol. The lowest BCUT2D eigenvalue weighted by atomic mass is 10.1. The highest BCUT2D eigenvalue weighted by atomic mass is 16.5. The van der Waals surface area contributed by atoms with Gasteiger partial charge in [-0.05, 0) is 19.3 Å². The van der Waals surface area contributed by atoms with Gasteiger partial charge in [0.25, 0.3) is 5.91 Å². The maximum absolute atomic E-state index is 12.5. The summed E-state index contributed by atoms with van der Waals surface area (Å²) in [5.74, 6) is 1.54. The zero-order valence-electron chi connectivity index (χ0n) is 12.9. The quantitative estimate of drug-likeness (QED) is 0.908. The van der Waals surface area contributed by atoms with Crippen molar-refractivity contribution in [3.63, 3.8) is 0 Å². The van der Waals surface area contributed by atoms with Gasteiger partial charge in [-0.25, -0.2) is 4.98 Å². The number of carbonyl (C=O) groups excluding carboxylic acids is 1. The van der Waals surface area contributed by atoms with Crippen LogP contribution >= 0.6 is 0 Å². The Labute approximate surface area is 129 Å². The van der Waals surface area contributed by atoms with Gasteiger partial charge in [0.05, 0.1) is 31.6 Å². The highest BCUT2D eigenvalue weighted by molar-refractivity contribution is 5.93. The summed E-state index contributed by atoms with van der Waals surface area (Å²) >= 11 is 0. The third kappa shape index (κ3) is 3.30. The smallest absolute Gasteiger partial charge is 0.253 e. The number of nitrogens with one attached hydrogen (secondary N) is 1. The summed E-state index contributed by atoms with van der Waals surface area (Å²) in [5.41, 5.74) is 0.744. The Morgan fingerprint density at radius 1 is 1.50 bits per heavy atom. The van der Waals surface area contributed by atoms with Crippen molar-refractivity contribution in [3.05, 3.63) is 23.5 Å². The third-order valence-electron chi connectivity index (χ3n) is 3.89. The normalized spacial score (nSPS) is 22.1. The van der Waals surface area contributed by atoms with Crippen molar-refractivity contribution in [2.45, 2.75) is 38.7 Å². The van der Waals surface area contributed by atoms with Crippen LogP contribution in [-0.2, 0) is 20.7 Å². The Kier molecular flexibility index (Phi) is 4.72. The van der Waals surface area contributed by atoms with E-state index < -0.39 is 0 Å². The molecule has 7 nitrogen and oxygen atoms in total. The molecule has 0 radical (unpaired) electrons. The number of ether oxygens (including phenoxy) is 2. The van der Waals surface area contributed by atoms with Crippen LogP contribution in [-0.4, -0.2) is 52.3 Å². The molecule has 120 valence electrons. The molecule has 0 spiro atoms. The lowest BCUT2D eigenvalue weighted by molar-refractivity contribution is -0.135. The van der Waals surface area contributed by atoms with Gasteiger partial charge in [0.2, 0.25) is 0 Å². The first kappa shape index (κ1) is 15.0. The van der Waals surface area contributed by atoms with Crippen molar-refractivity contribution in [2.24, 2.45) is 0 Å². The Hall–Kier alpha value is -1.89. The van der Waals surface area contributed by atoms with Crippen LogP contribution in [0.3, 0.4) is 0 Å². The van der Waals surface area contributed by atoms with Gasteiger partial charge >= 0.3 is 0 Å². The minimum Gasteiger partial charge on any atom is -0.501 e. The van der Waals surface area contributed by atoms with Gasteiger partial charge in [0, 0.05) is 13.0 Å². The number of rotatable bonds is 4. The molecule has 0 aliphatic carbocycles. The number of morpholine rings is 1. The number of carbonyl (C=O) groups is 1. The number of aromatic nitrogens is 3. The summed E-state index contributed by atoms with van der Waals surface area (Å²) in [4.78, 5) is 18.8. The molecule has 1 fully saturated rings. The predicted octanol–water partition coefficient (Wildman–Crippen LogP) is 1.35. The maximum atomic E-state index is 12.5. The van der Waals surface area contributed by atoms with Crippen molar-refractivity contribution in [2.75, 3.05) is 26.3 Å². The molecule has 1 aromatic heterocycles. The largest absolute Gasteiger partial charge is 0.501 e. The van der Waals surface area contributed by atoms with Gasteiger partial charge in [-0.2, -0.15) is 5.10 Å². The Bertz CT molecular complexity index is 555. The van der Waals surface area contributed by atoms with E-state index >= 15 is 0 Å². The molecule has 0 aromatic carbocycles. The van der Waals surface area contributed by atoms with Crippen LogP contribution in [0.5, 0.6) is 0 Å². The number of hydrogen-bond donors (Lipinski definition) is 1. The number of aryl methyl sites for hydroxylation is 1. The molecule has 1 atom stereocenters. The van der Waals surface area contributed by atoms with Crippen molar-refractivity contribution >= 4 is 5.91 Å². The van der Waals surface area contributed by atoms with Crippen LogP contribution < -0.4 is 0 Å². The molecule has 0 unspecified atom stereocenters. The predicted molar refractivity (Wildman–Crippen MR) is 78.9 cm³/mol. The number of hydrogen-bond acceptors (Lipinski definition) is 5. The third-order valence-corrected chi connectivity index (χ3v) is 3.89. The van der Waals surface area contributed by atoms with E-state index in [1.165, 1.54) is 0 Å². The second kappa shape index (κ2) is 6.91. The Morgan fingerprint density at radius 2 is 2.41 bits per heavy atom. The Morgan fingerprint density at radius 3 is 3.18 bits per heavy atom. The summed E-state index contributed by atoms with van der Waals surface area (Å²) in [6.45, 7) is 4.38. The molecule has 22 heavy (non-hydrogen) atoms. The van der Waals surface area contributed by atoms with E-state index in [0.29, 0.717) is 32.1 Å². The second-order valence-corrected chi connectivity index (χ2v) is 5.62. The van der Waals surface area contributed by atoms with E-state index in [-0.39, 0.29) is 12.0 Å². The van der Waals surface area contributed by atoms with Crippen LogP contribution in [0.1, 0.15) is 43.9 Å². The van der Waals surface area contributed by atoms with Crippen molar-refractivity contribution < 1.29 is 14.3 Å². The van der Waals surface area contributed by atoms with E-state index in [1.807, 2.05) is 4.90 Å². The number of nitrogens with zero attached hydrogens (tertiary/aromatic N) is 3. The zero-order valence-corrected chi connectivity index (χ0v) is 12.9. The zero-order chi connectivity index (χ0) is 15.4. The number of aromatic amines is 1. The molecule has 1 amide bonds. The minimum atomic E-state index is -0.260. The molecule has 1 N–H and O–H groups in total. The number of H-pyrrole nitrogens is 1. The van der Waals surface area contributed by atoms with Crippen LogP contribution in [0.2, 0.25) is 0 Å². The molecule has 1 aromatic rings. The highest BCUT2D eigenvalue weighted by Gasteiger charge is 2.30. The van der Waals surface area contributed by atoms with Crippen LogP contribution in [0.25, 0.3) is 0 Å². The maximum Gasteiger partial charge on any atom is 0.253 e. The SMILES string of the molecule is CCCc1nc([C@H]2CN(C(=O)C3=COCCC3)CCO2)n[nH]1. The molecule has 7 heteroatoms. The standard InChI is InChI=1S/C15H22N4O3/c1-2-4-13-16-14(18-17-13)12-9-19(6-8-22-12)15(20)11-5-3-7-21-10-11/h10,12H,2-9H2,1H3,(H,16,17,18)/t12-/m1/s1. The summed E-state index contributed by atoms with van der Waals surface area (Å²) in [5, 5.41) is 7.16. The van der Waals surface area contributed by atoms with Crippen molar-refractivity contribution in [1.82, 2.24) is 20.1 Å². The highest BCUT2D eigenvalue weighted by Crippen LogP contribution is 2.22. The average molecular weight is 306 g/mol. The fourth-order valence-electron chi connectivity index (χ4n) is 2.72. The van der Waals surface area contributed by atoms with Crippen molar-refractivity contribution in [1.29, 1.82) is 0 Å². The van der Waals surface area contributed by atoms with E-state index in [4.69, 9.17) is 9.47 Å². The fraction of sp³-hybridized carbons (Fsp3) is 0.667. The summed E-state index contributed by atoms with van der Waals surface area (Å²) < 4.78 is 11.0. The van der Waals surface area contributed by atoms with Gasteiger partial charge in [-0.3, -0.25) is 9.89 Å². The summed E-state index contributed by atoms with van der Waals surface area (Å²) in [7, 11) is 0. The molecule has 0 bridgehead atoms. The summed E-state index contributed by atoms with van der Waals surface area (Å²) in [6.07, 6.45) is 4.90. The molecule has 1 saturated heterocycles. The van der Waals surface area contributed by atoms with E-state index in [1.54, 1.807) is 6.26 Å². The van der Waals surface area contributed by atoms with Crippen molar-refractivity contribution in [3.8, 4) is 0 Å². The average Bonchev–Trinajstić information content (AvgIpc) is 3.04. The molecular weight excluding hydrogens is 284 g/mol. The van der Waals surface area contributed by atoms with Gasteiger partial charge in [-0.1, -0.05) is 6.92 Å². The second-order valence-electron chi connectivity index (χ2n) is 5.62. The Balaban J connectivity index is 1.65. The lowest BCUT2D eigenvalue weighted by Gasteiger charge is -2.32. The van der Waals surface area contributed by atoms with Crippen LogP contribution in [0, 0.1) is 0 Å². The van der Waals surface area contributed by atoms with Gasteiger partial charge in [-0.15, -0.1) is 0 Å². The molecule has 2 aliphatic rings. The lowest BCUT2D eigenvalue weighted by Crippen LogP contribution is -2.43. The topological polar surface area (TPSA) is 80.3 Å².